The van der Waals surface area contributed by atoms with Crippen molar-refractivity contribution in [2.24, 2.45) is 16.6 Å². The molecule has 0 spiro atoms. The third-order valence-electron chi connectivity index (χ3n) is 3.38. The van der Waals surface area contributed by atoms with E-state index in [0.29, 0.717) is 11.8 Å². The van der Waals surface area contributed by atoms with Crippen molar-refractivity contribution in [1.29, 1.82) is 0 Å². The summed E-state index contributed by atoms with van der Waals surface area (Å²) in [7, 11) is 0. The molecule has 1 aromatic rings. The van der Waals surface area contributed by atoms with E-state index in [1.165, 1.54) is 12.8 Å². The average Bonchev–Trinajstić information content (AvgIpc) is 3.07. The molecule has 2 N–H and O–H groups in total. The zero-order valence-electron chi connectivity index (χ0n) is 9.84. The van der Waals surface area contributed by atoms with Crippen LogP contribution in [0.25, 0.3) is 0 Å². The number of benzene rings is 1. The Hall–Kier alpha value is -1.11. The maximum atomic E-state index is 11.9. The topological polar surface area (TPSA) is 58.7 Å². The number of nitrogens with zero attached hydrogens (tertiary/aromatic N) is 2. The third-order valence-corrected chi connectivity index (χ3v) is 4.05. The molecule has 5 heteroatoms. The van der Waals surface area contributed by atoms with Crippen LogP contribution in [0.15, 0.2) is 29.3 Å². The number of amides is 2. The lowest BCUT2D eigenvalue weighted by atomic mass is 10.1. The van der Waals surface area contributed by atoms with Gasteiger partial charge in [-0.2, -0.15) is 4.99 Å². The molecule has 4 nitrogen and oxygen atoms in total. The van der Waals surface area contributed by atoms with Crippen LogP contribution < -0.4 is 5.73 Å². The van der Waals surface area contributed by atoms with E-state index in [2.05, 4.69) is 33.6 Å². The van der Waals surface area contributed by atoms with E-state index in [-0.39, 0.29) is 12.1 Å². The second-order valence-electron chi connectivity index (χ2n) is 4.87. The molecule has 3 rings (SSSR count). The summed E-state index contributed by atoms with van der Waals surface area (Å²) >= 11 is 2.26. The van der Waals surface area contributed by atoms with Crippen molar-refractivity contribution in [2.45, 2.75) is 18.9 Å². The molecule has 94 valence electrons. The lowest BCUT2D eigenvalue weighted by molar-refractivity contribution is 0.204. The Labute approximate surface area is 119 Å². The van der Waals surface area contributed by atoms with Crippen LogP contribution in [0.3, 0.4) is 0 Å². The van der Waals surface area contributed by atoms with Gasteiger partial charge < -0.3 is 10.6 Å². The lowest BCUT2D eigenvalue weighted by Gasteiger charge is -2.24. The Morgan fingerprint density at radius 2 is 2.22 bits per heavy atom. The van der Waals surface area contributed by atoms with Gasteiger partial charge in [0.15, 0.2) is 0 Å². The Bertz CT molecular complexity index is 525. The summed E-state index contributed by atoms with van der Waals surface area (Å²) in [4.78, 5) is 17.6. The molecule has 2 aliphatic rings. The van der Waals surface area contributed by atoms with Crippen molar-refractivity contribution in [3.63, 3.8) is 0 Å². The average molecular weight is 355 g/mol. The van der Waals surface area contributed by atoms with Crippen molar-refractivity contribution in [3.8, 4) is 0 Å². The minimum atomic E-state index is -0.191. The van der Waals surface area contributed by atoms with Crippen LogP contribution in [-0.4, -0.2) is 23.3 Å². The van der Waals surface area contributed by atoms with Gasteiger partial charge in [0.05, 0.1) is 0 Å². The van der Waals surface area contributed by atoms with Crippen LogP contribution >= 0.6 is 22.6 Å². The normalized spacial score (nSPS) is 23.4. The Balaban J connectivity index is 1.91. The first kappa shape index (κ1) is 12.0. The molecule has 0 aromatic heterocycles. The largest absolute Gasteiger partial charge is 0.385 e. The first-order valence-corrected chi connectivity index (χ1v) is 7.13. The van der Waals surface area contributed by atoms with Crippen LogP contribution in [0, 0.1) is 9.49 Å². The molecule has 1 aliphatic carbocycles. The second-order valence-corrected chi connectivity index (χ2v) is 6.12. The summed E-state index contributed by atoms with van der Waals surface area (Å²) in [6.45, 7) is 0.777. The minimum Gasteiger partial charge on any atom is -0.385 e. The molecule has 0 saturated heterocycles. The number of halogens is 1. The van der Waals surface area contributed by atoms with Crippen LogP contribution in [0.4, 0.5) is 4.79 Å². The molecule has 1 unspecified atom stereocenters. The smallest absolute Gasteiger partial charge is 0.346 e. The molecule has 18 heavy (non-hydrogen) atoms. The van der Waals surface area contributed by atoms with Crippen molar-refractivity contribution in [3.05, 3.63) is 33.4 Å². The van der Waals surface area contributed by atoms with Crippen molar-refractivity contribution in [1.82, 2.24) is 4.90 Å². The van der Waals surface area contributed by atoms with Crippen molar-refractivity contribution in [2.75, 3.05) is 6.54 Å². The molecule has 1 aliphatic heterocycles. The fourth-order valence-corrected chi connectivity index (χ4v) is 2.86. The molecule has 1 heterocycles. The Morgan fingerprint density at radius 1 is 1.44 bits per heavy atom. The van der Waals surface area contributed by atoms with Gasteiger partial charge in [-0.05, 0) is 59.0 Å². The summed E-state index contributed by atoms with van der Waals surface area (Å²) in [5, 5.41) is 0. The van der Waals surface area contributed by atoms with Crippen molar-refractivity contribution < 1.29 is 4.79 Å². The maximum absolute atomic E-state index is 11.9. The van der Waals surface area contributed by atoms with E-state index in [9.17, 15) is 4.79 Å². The van der Waals surface area contributed by atoms with Crippen molar-refractivity contribution >= 4 is 34.5 Å². The van der Waals surface area contributed by atoms with Gasteiger partial charge in [-0.1, -0.05) is 12.1 Å². The maximum Gasteiger partial charge on any atom is 0.346 e. The number of rotatable bonds is 3. The zero-order valence-corrected chi connectivity index (χ0v) is 12.0. The number of hydrogen-bond acceptors (Lipinski definition) is 2. The number of hydrogen-bond donors (Lipinski definition) is 1. The first-order valence-electron chi connectivity index (χ1n) is 6.05. The molecule has 1 atom stereocenters. The Kier molecular flexibility index (Phi) is 3.01. The summed E-state index contributed by atoms with van der Waals surface area (Å²) < 4.78 is 1.14. The van der Waals surface area contributed by atoms with Crippen LogP contribution in [0.2, 0.25) is 0 Å². The summed E-state index contributed by atoms with van der Waals surface area (Å²) in [6.07, 6.45) is 2.42. The van der Waals surface area contributed by atoms with Crippen LogP contribution in [0.5, 0.6) is 0 Å². The highest BCUT2D eigenvalue weighted by Crippen LogP contribution is 2.35. The standard InChI is InChI=1S/C13H14IN3O/c14-10-3-1-2-9(6-10)11-12(15)16-13(18)17(11)7-8-4-5-8/h1-3,6,8,11H,4-5,7H2,(H2,15,16,18). The zero-order chi connectivity index (χ0) is 12.7. The van der Waals surface area contributed by atoms with Gasteiger partial charge in [-0.3, -0.25) is 0 Å². The minimum absolute atomic E-state index is 0.173. The van der Waals surface area contributed by atoms with Gasteiger partial charge in [-0.15, -0.1) is 0 Å². The van der Waals surface area contributed by atoms with E-state index in [4.69, 9.17) is 5.73 Å². The summed E-state index contributed by atoms with van der Waals surface area (Å²) in [6, 6.07) is 7.72. The molecular weight excluding hydrogens is 341 g/mol. The predicted octanol–water partition coefficient (Wildman–Crippen LogP) is 2.54. The number of carbonyl (C=O) groups is 1. The van der Waals surface area contributed by atoms with Gasteiger partial charge >= 0.3 is 6.03 Å². The highest BCUT2D eigenvalue weighted by Gasteiger charge is 2.38. The molecule has 0 bridgehead atoms. The summed E-state index contributed by atoms with van der Waals surface area (Å²) in [5.74, 6) is 1.06. The number of urea groups is 1. The molecule has 0 radical (unpaired) electrons. The fraction of sp³-hybridized carbons (Fsp3) is 0.385. The molecule has 1 fully saturated rings. The second kappa shape index (κ2) is 4.53. The number of amidine groups is 1. The Morgan fingerprint density at radius 3 is 2.89 bits per heavy atom. The van der Waals surface area contributed by atoms with Crippen LogP contribution in [-0.2, 0) is 0 Å². The summed E-state index contributed by atoms with van der Waals surface area (Å²) in [5.41, 5.74) is 6.97. The first-order chi connectivity index (χ1) is 8.65. The third kappa shape index (κ3) is 2.23. The molecule has 1 saturated carbocycles. The van der Waals surface area contributed by atoms with Crippen LogP contribution in [0.1, 0.15) is 24.4 Å². The SMILES string of the molecule is NC1=NC(=O)N(CC2CC2)C1c1cccc(I)c1. The van der Waals surface area contributed by atoms with Gasteiger partial charge in [0, 0.05) is 10.1 Å². The molecule has 1 aromatic carbocycles. The lowest BCUT2D eigenvalue weighted by Crippen LogP contribution is -2.34. The predicted molar refractivity (Wildman–Crippen MR) is 78.3 cm³/mol. The van der Waals surface area contributed by atoms with Gasteiger partial charge in [-0.25, -0.2) is 4.79 Å². The highest BCUT2D eigenvalue weighted by molar-refractivity contribution is 14.1. The fourth-order valence-electron chi connectivity index (χ4n) is 2.30. The van der Waals surface area contributed by atoms with E-state index < -0.39 is 0 Å². The number of aliphatic imine (C=N–C) groups is 1. The van der Waals surface area contributed by atoms with E-state index in [1.54, 1.807) is 4.90 Å². The van der Waals surface area contributed by atoms with E-state index in [1.807, 2.05) is 18.2 Å². The van der Waals surface area contributed by atoms with Gasteiger partial charge in [0.1, 0.15) is 11.9 Å². The number of carbonyl (C=O) groups excluding carboxylic acids is 1. The molecule has 2 amide bonds. The van der Waals surface area contributed by atoms with E-state index >= 15 is 0 Å². The van der Waals surface area contributed by atoms with E-state index in [0.717, 1.165) is 15.7 Å². The monoisotopic (exact) mass is 355 g/mol. The number of nitrogens with two attached hydrogens (primary N) is 1. The van der Waals surface area contributed by atoms with Gasteiger partial charge in [0.2, 0.25) is 0 Å². The quantitative estimate of drug-likeness (QED) is 0.848. The van der Waals surface area contributed by atoms with Gasteiger partial charge in [0.25, 0.3) is 0 Å². The highest BCUT2D eigenvalue weighted by atomic mass is 127. The molecular formula is C13H14IN3O.